The molecular formula is C24H25F3O4S. The predicted molar refractivity (Wildman–Crippen MR) is 118 cm³/mol. The van der Waals surface area contributed by atoms with E-state index >= 15 is 0 Å². The number of aliphatic hydroxyl groups excluding tert-OH is 1. The van der Waals surface area contributed by atoms with Crippen molar-refractivity contribution in [1.29, 1.82) is 0 Å². The van der Waals surface area contributed by atoms with E-state index < -0.39 is 18.4 Å². The fourth-order valence-corrected chi connectivity index (χ4v) is 4.86. The van der Waals surface area contributed by atoms with Gasteiger partial charge in [0.15, 0.2) is 0 Å². The molecule has 0 radical (unpaired) electrons. The Hall–Kier alpha value is -2.61. The molecule has 4 nitrogen and oxygen atoms in total. The number of thioether (sulfide) groups is 1. The Balaban J connectivity index is 1.66. The third kappa shape index (κ3) is 5.79. The van der Waals surface area contributed by atoms with Crippen molar-refractivity contribution < 1.29 is 32.5 Å². The van der Waals surface area contributed by atoms with Gasteiger partial charge in [-0.25, -0.2) is 4.79 Å². The molecule has 0 saturated heterocycles. The minimum Gasteiger partial charge on any atom is -0.511 e. The lowest BCUT2D eigenvalue weighted by atomic mass is 9.89. The highest BCUT2D eigenvalue weighted by Gasteiger charge is 2.34. The molecule has 2 aromatic carbocycles. The molecule has 1 aliphatic heterocycles. The van der Waals surface area contributed by atoms with Gasteiger partial charge in [-0.15, -0.1) is 24.9 Å². The van der Waals surface area contributed by atoms with Crippen LogP contribution in [-0.4, -0.2) is 29.3 Å². The summed E-state index contributed by atoms with van der Waals surface area (Å²) in [5, 5.41) is 10.7. The molecule has 0 saturated carbocycles. The summed E-state index contributed by atoms with van der Waals surface area (Å²) in [6.07, 6.45) is -5.00. The highest BCUT2D eigenvalue weighted by molar-refractivity contribution is 7.99. The van der Waals surface area contributed by atoms with Crippen LogP contribution in [0, 0.1) is 26.7 Å². The molecule has 0 spiro atoms. The van der Waals surface area contributed by atoms with E-state index in [1.165, 1.54) is 23.9 Å². The number of carbonyl (C=O) groups excluding carboxylic acids is 1. The van der Waals surface area contributed by atoms with E-state index in [-0.39, 0.29) is 29.4 Å². The summed E-state index contributed by atoms with van der Waals surface area (Å²) in [5.74, 6) is -0.326. The monoisotopic (exact) mass is 466 g/mol. The van der Waals surface area contributed by atoms with Gasteiger partial charge in [0.2, 0.25) is 0 Å². The lowest BCUT2D eigenvalue weighted by Crippen LogP contribution is -2.32. The number of esters is 1. The molecule has 172 valence electrons. The number of alkyl halides is 3. The average molecular weight is 467 g/mol. The minimum atomic E-state index is -4.72. The molecule has 3 rings (SSSR count). The molecule has 2 unspecified atom stereocenters. The van der Waals surface area contributed by atoms with Gasteiger partial charge in [-0.05, 0) is 61.7 Å². The lowest BCUT2D eigenvalue weighted by Gasteiger charge is -2.29. The second-order valence-electron chi connectivity index (χ2n) is 8.05. The second kappa shape index (κ2) is 9.48. The van der Waals surface area contributed by atoms with E-state index in [1.807, 2.05) is 39.8 Å². The van der Waals surface area contributed by atoms with Crippen molar-refractivity contribution in [2.24, 2.45) is 5.92 Å². The van der Waals surface area contributed by atoms with E-state index in [2.05, 4.69) is 4.74 Å². The Labute approximate surface area is 189 Å². The normalized spacial score (nSPS) is 17.8. The van der Waals surface area contributed by atoms with Crippen molar-refractivity contribution in [3.05, 3.63) is 64.4 Å². The van der Waals surface area contributed by atoms with Crippen LogP contribution in [0.1, 0.15) is 35.6 Å². The molecule has 0 aromatic heterocycles. The number of hydrogen-bond donors (Lipinski definition) is 1. The highest BCUT2D eigenvalue weighted by atomic mass is 32.2. The third-order valence-electron chi connectivity index (χ3n) is 5.28. The maximum Gasteiger partial charge on any atom is 0.573 e. The minimum absolute atomic E-state index is 0.0202. The van der Waals surface area contributed by atoms with Crippen LogP contribution in [0.25, 0.3) is 5.57 Å². The molecule has 0 fully saturated rings. The molecular weight excluding hydrogens is 441 g/mol. The summed E-state index contributed by atoms with van der Waals surface area (Å²) in [5.41, 5.74) is 3.81. The molecule has 0 amide bonds. The smallest absolute Gasteiger partial charge is 0.511 e. The van der Waals surface area contributed by atoms with Crippen LogP contribution < -0.4 is 4.74 Å². The molecule has 1 N–H and O–H groups in total. The van der Waals surface area contributed by atoms with Gasteiger partial charge in [0, 0.05) is 23.0 Å². The lowest BCUT2D eigenvalue weighted by molar-refractivity contribution is -0.274. The summed E-state index contributed by atoms with van der Waals surface area (Å²) in [4.78, 5) is 13.5. The molecule has 1 aliphatic rings. The van der Waals surface area contributed by atoms with Crippen LogP contribution in [0.4, 0.5) is 13.2 Å². The van der Waals surface area contributed by atoms with Crippen LogP contribution >= 0.6 is 11.8 Å². The Morgan fingerprint density at radius 2 is 1.75 bits per heavy atom. The summed E-state index contributed by atoms with van der Waals surface area (Å²) >= 11 is 1.43. The van der Waals surface area contributed by atoms with Gasteiger partial charge in [-0.1, -0.05) is 24.6 Å². The number of rotatable bonds is 6. The van der Waals surface area contributed by atoms with Crippen LogP contribution in [0.5, 0.6) is 5.75 Å². The van der Waals surface area contributed by atoms with Gasteiger partial charge in [-0.2, -0.15) is 0 Å². The van der Waals surface area contributed by atoms with Gasteiger partial charge in [0.05, 0.1) is 0 Å². The van der Waals surface area contributed by atoms with Crippen LogP contribution in [0.3, 0.4) is 0 Å². The largest absolute Gasteiger partial charge is 0.573 e. The van der Waals surface area contributed by atoms with Crippen LogP contribution in [0.15, 0.2) is 47.1 Å². The van der Waals surface area contributed by atoms with E-state index in [0.717, 1.165) is 21.6 Å². The molecule has 32 heavy (non-hydrogen) atoms. The zero-order valence-electron chi connectivity index (χ0n) is 18.2. The Kier molecular flexibility index (Phi) is 7.12. The van der Waals surface area contributed by atoms with Gasteiger partial charge in [0.1, 0.15) is 23.2 Å². The maximum atomic E-state index is 12.8. The number of hydrogen-bond acceptors (Lipinski definition) is 5. The zero-order valence-corrected chi connectivity index (χ0v) is 19.1. The first-order valence-electron chi connectivity index (χ1n) is 10.1. The summed E-state index contributed by atoms with van der Waals surface area (Å²) in [7, 11) is 0. The first-order valence-corrected chi connectivity index (χ1v) is 11.1. The third-order valence-corrected chi connectivity index (χ3v) is 6.58. The van der Waals surface area contributed by atoms with E-state index in [9.17, 15) is 23.1 Å². The molecule has 0 bridgehead atoms. The summed E-state index contributed by atoms with van der Waals surface area (Å²) < 4.78 is 46.4. The van der Waals surface area contributed by atoms with Crippen molar-refractivity contribution in [3.63, 3.8) is 0 Å². The predicted octanol–water partition coefficient (Wildman–Crippen LogP) is 6.52. The van der Waals surface area contributed by atoms with Crippen molar-refractivity contribution in [2.45, 2.75) is 51.5 Å². The number of aryl methyl sites for hydroxylation is 3. The highest BCUT2D eigenvalue weighted by Crippen LogP contribution is 2.36. The Morgan fingerprint density at radius 3 is 2.28 bits per heavy atom. The van der Waals surface area contributed by atoms with Crippen LogP contribution in [-0.2, 0) is 9.53 Å². The molecule has 8 heteroatoms. The first-order chi connectivity index (χ1) is 14.9. The first kappa shape index (κ1) is 24.0. The molecule has 2 atom stereocenters. The summed E-state index contributed by atoms with van der Waals surface area (Å²) in [6.45, 7) is 7.69. The van der Waals surface area contributed by atoms with E-state index in [1.54, 1.807) is 12.1 Å². The van der Waals surface area contributed by atoms with Gasteiger partial charge >= 0.3 is 12.3 Å². The zero-order chi connectivity index (χ0) is 23.6. The number of benzene rings is 2. The van der Waals surface area contributed by atoms with Gasteiger partial charge in [-0.3, -0.25) is 0 Å². The average Bonchev–Trinajstić information content (AvgIpc) is 2.67. The van der Waals surface area contributed by atoms with E-state index in [4.69, 9.17) is 4.74 Å². The van der Waals surface area contributed by atoms with Crippen molar-refractivity contribution in [1.82, 2.24) is 0 Å². The molecule has 0 aliphatic carbocycles. The number of cyclic esters (lactones) is 1. The van der Waals surface area contributed by atoms with Crippen LogP contribution in [0.2, 0.25) is 0 Å². The van der Waals surface area contributed by atoms with Crippen molar-refractivity contribution >= 4 is 23.3 Å². The molecule has 1 heterocycles. The van der Waals surface area contributed by atoms with Crippen molar-refractivity contribution in [3.8, 4) is 5.75 Å². The maximum absolute atomic E-state index is 12.8. The topological polar surface area (TPSA) is 55.8 Å². The Bertz CT molecular complexity index is 1010. The molecule has 2 aromatic rings. The van der Waals surface area contributed by atoms with E-state index in [0.29, 0.717) is 11.3 Å². The Morgan fingerprint density at radius 1 is 1.16 bits per heavy atom. The number of aliphatic hydroxyl groups is 1. The fourth-order valence-electron chi connectivity index (χ4n) is 3.86. The van der Waals surface area contributed by atoms with Crippen molar-refractivity contribution in [2.75, 3.05) is 5.75 Å². The fraction of sp³-hybridized carbons (Fsp3) is 0.375. The second-order valence-corrected chi connectivity index (χ2v) is 9.14. The standard InChI is InChI=1S/C24H25F3O4S/c1-13-9-14(2)21(15(3)10-13)22-19(28)11-20(30-23(22)29)16(4)12-32-18-7-5-17(6-8-18)31-24(25,26)27/h5-10,16,20,28H,11-12H2,1-4H3. The number of ether oxygens (including phenoxy) is 2. The number of carbonyl (C=O) groups is 1. The SMILES string of the molecule is Cc1cc(C)c(C2=C(O)CC(C(C)CSc3ccc(OC(F)(F)F)cc3)OC2=O)c(C)c1. The number of halogens is 3. The quantitative estimate of drug-likeness (QED) is 0.388. The van der Waals surface area contributed by atoms with Gasteiger partial charge in [0.25, 0.3) is 0 Å². The summed E-state index contributed by atoms with van der Waals surface area (Å²) in [6, 6.07) is 9.54. The van der Waals surface area contributed by atoms with Gasteiger partial charge < -0.3 is 14.6 Å².